The van der Waals surface area contributed by atoms with Crippen LogP contribution in [0.25, 0.3) is 166 Å². The second-order valence-corrected chi connectivity index (χ2v) is 27.8. The summed E-state index contributed by atoms with van der Waals surface area (Å²) in [6.45, 7) is 0. The first kappa shape index (κ1) is 63.4. The Bertz CT molecular complexity index is 6760. The Balaban J connectivity index is 0.646. The van der Waals surface area contributed by atoms with Crippen molar-refractivity contribution in [2.45, 2.75) is 0 Å². The molecule has 20 aromatic rings. The van der Waals surface area contributed by atoms with Crippen molar-refractivity contribution >= 4 is 99.5 Å². The molecule has 0 aliphatic rings. The zero-order valence-corrected chi connectivity index (χ0v) is 59.0. The summed E-state index contributed by atoms with van der Waals surface area (Å²) < 4.78 is 14.0. The highest BCUT2D eigenvalue weighted by molar-refractivity contribution is 6.23. The molecular weight excluding hydrogens is 1310 g/mol. The predicted molar refractivity (Wildman–Crippen MR) is 454 cm³/mol. The first-order valence-electron chi connectivity index (χ1n) is 36.9. The molecular formula is C104H68N2O2. The molecule has 0 aliphatic carbocycles. The fraction of sp³-hybridized carbons (Fsp3) is 0. The van der Waals surface area contributed by atoms with Gasteiger partial charge in [0.15, 0.2) is 0 Å². The largest absolute Gasteiger partial charge is 0.455 e. The topological polar surface area (TPSA) is 32.8 Å². The van der Waals surface area contributed by atoms with Crippen molar-refractivity contribution in [2.24, 2.45) is 0 Å². The van der Waals surface area contributed by atoms with Crippen molar-refractivity contribution in [3.8, 4) is 100 Å². The third-order valence-electron chi connectivity index (χ3n) is 21.4. The summed E-state index contributed by atoms with van der Waals surface area (Å²) in [5, 5.41) is 8.81. The maximum absolute atomic E-state index is 7.22. The molecule has 0 saturated heterocycles. The molecule has 0 fully saturated rings. The summed E-state index contributed by atoms with van der Waals surface area (Å²) >= 11 is 0. The van der Waals surface area contributed by atoms with Gasteiger partial charge in [-0.15, -0.1) is 0 Å². The van der Waals surface area contributed by atoms with Crippen LogP contribution in [0.5, 0.6) is 0 Å². The zero-order chi connectivity index (χ0) is 71.4. The first-order valence-corrected chi connectivity index (χ1v) is 36.9. The second-order valence-electron chi connectivity index (χ2n) is 27.8. The van der Waals surface area contributed by atoms with Gasteiger partial charge in [0.05, 0.1) is 11.4 Å². The fourth-order valence-electron chi connectivity index (χ4n) is 16.2. The molecule has 506 valence electrons. The molecule has 2 aromatic heterocycles. The van der Waals surface area contributed by atoms with Crippen LogP contribution in [0.2, 0.25) is 0 Å². The molecule has 0 bridgehead atoms. The first-order chi connectivity index (χ1) is 53.5. The van der Waals surface area contributed by atoms with Crippen LogP contribution in [0.3, 0.4) is 0 Å². The Morgan fingerprint density at radius 3 is 1.02 bits per heavy atom. The molecule has 0 saturated carbocycles. The van der Waals surface area contributed by atoms with Crippen LogP contribution in [0, 0.1) is 0 Å². The highest BCUT2D eigenvalue weighted by Gasteiger charge is 2.26. The molecule has 20 rings (SSSR count). The van der Waals surface area contributed by atoms with E-state index in [-0.39, 0.29) is 0 Å². The number of anilines is 6. The van der Waals surface area contributed by atoms with Crippen LogP contribution in [0.15, 0.2) is 421 Å². The van der Waals surface area contributed by atoms with Crippen LogP contribution in [-0.2, 0) is 0 Å². The third kappa shape index (κ3) is 11.5. The van der Waals surface area contributed by atoms with Gasteiger partial charge < -0.3 is 18.6 Å². The number of benzene rings is 18. The summed E-state index contributed by atoms with van der Waals surface area (Å²) in [5.74, 6) is 0. The van der Waals surface area contributed by atoms with Gasteiger partial charge in [0.25, 0.3) is 0 Å². The summed E-state index contributed by atoms with van der Waals surface area (Å²) in [6, 6.07) is 149. The van der Waals surface area contributed by atoms with Gasteiger partial charge in [0.1, 0.15) is 22.3 Å². The highest BCUT2D eigenvalue weighted by atomic mass is 16.3. The molecule has 2 heterocycles. The minimum absolute atomic E-state index is 0.834. The Labute approximate surface area is 626 Å². The van der Waals surface area contributed by atoms with E-state index in [2.05, 4.69) is 422 Å². The number of para-hydroxylation sites is 3. The van der Waals surface area contributed by atoms with Crippen LogP contribution in [-0.4, -0.2) is 0 Å². The molecule has 0 radical (unpaired) electrons. The predicted octanol–water partition coefficient (Wildman–Crippen LogP) is 29.7. The van der Waals surface area contributed by atoms with Crippen molar-refractivity contribution < 1.29 is 8.83 Å². The van der Waals surface area contributed by atoms with E-state index >= 15 is 0 Å². The van der Waals surface area contributed by atoms with Crippen LogP contribution in [0.1, 0.15) is 0 Å². The van der Waals surface area contributed by atoms with Gasteiger partial charge in [-0.1, -0.05) is 303 Å². The Morgan fingerprint density at radius 1 is 0.176 bits per heavy atom. The lowest BCUT2D eigenvalue weighted by Gasteiger charge is -2.28. The fourth-order valence-corrected chi connectivity index (χ4v) is 16.2. The lowest BCUT2D eigenvalue weighted by Crippen LogP contribution is -2.11. The average Bonchev–Trinajstić information content (AvgIpc) is 1.46. The highest BCUT2D eigenvalue weighted by Crippen LogP contribution is 2.51. The number of rotatable bonds is 15. The van der Waals surface area contributed by atoms with Crippen molar-refractivity contribution in [1.82, 2.24) is 0 Å². The molecule has 0 spiro atoms. The number of hydrogen-bond acceptors (Lipinski definition) is 4. The van der Waals surface area contributed by atoms with E-state index in [0.29, 0.717) is 0 Å². The van der Waals surface area contributed by atoms with Crippen molar-refractivity contribution in [3.63, 3.8) is 0 Å². The quantitative estimate of drug-likeness (QED) is 0.102. The zero-order valence-electron chi connectivity index (χ0n) is 59.0. The lowest BCUT2D eigenvalue weighted by molar-refractivity contribution is 0.670. The van der Waals surface area contributed by atoms with Crippen molar-refractivity contribution in [3.05, 3.63) is 413 Å². The smallest absolute Gasteiger partial charge is 0.143 e. The summed E-state index contributed by atoms with van der Waals surface area (Å²) in [6.07, 6.45) is 0. The summed E-state index contributed by atoms with van der Waals surface area (Å²) in [7, 11) is 0. The summed E-state index contributed by atoms with van der Waals surface area (Å²) in [4.78, 5) is 4.80. The Kier molecular flexibility index (Phi) is 15.9. The molecule has 0 N–H and O–H groups in total. The van der Waals surface area contributed by atoms with E-state index in [1.54, 1.807) is 0 Å². The van der Waals surface area contributed by atoms with E-state index in [1.807, 2.05) is 0 Å². The van der Waals surface area contributed by atoms with Gasteiger partial charge in [-0.3, -0.25) is 0 Å². The van der Waals surface area contributed by atoms with Gasteiger partial charge in [0.2, 0.25) is 0 Å². The minimum Gasteiger partial charge on any atom is -0.455 e. The molecule has 0 aliphatic heterocycles. The number of hydrogen-bond donors (Lipinski definition) is 0. The lowest BCUT2D eigenvalue weighted by atomic mass is 9.92. The van der Waals surface area contributed by atoms with E-state index in [9.17, 15) is 0 Å². The van der Waals surface area contributed by atoms with E-state index in [1.165, 1.54) is 27.8 Å². The van der Waals surface area contributed by atoms with Gasteiger partial charge in [-0.2, -0.15) is 0 Å². The van der Waals surface area contributed by atoms with E-state index in [0.717, 1.165) is 172 Å². The monoisotopic (exact) mass is 1380 g/mol. The van der Waals surface area contributed by atoms with Crippen LogP contribution >= 0.6 is 0 Å². The maximum atomic E-state index is 7.22. The van der Waals surface area contributed by atoms with Gasteiger partial charge in [0, 0.05) is 66.4 Å². The Morgan fingerprint density at radius 2 is 0.509 bits per heavy atom. The summed E-state index contributed by atoms with van der Waals surface area (Å²) in [5.41, 5.74) is 30.2. The molecule has 0 amide bonds. The van der Waals surface area contributed by atoms with Crippen LogP contribution in [0.4, 0.5) is 34.1 Å². The second kappa shape index (κ2) is 27.1. The molecule has 108 heavy (non-hydrogen) atoms. The molecule has 0 atom stereocenters. The number of nitrogens with zero attached hydrogens (tertiary/aromatic N) is 2. The van der Waals surface area contributed by atoms with Gasteiger partial charge >= 0.3 is 0 Å². The standard InChI is InChI=1S/C104H68N2O2/c1-4-23-69(24-5-1)72-45-54-85(55-46-72)105(97-42-17-14-39-91(97)95-67-84-30-11-13-38-90(84)103-102(95)93-41-16-19-44-99(93)107-103)86-58-49-75(50-59-86)78-33-21-34-79(64-78)80-35-22-36-81(65-80)82-53-62-100-94(66-82)96-68-83-29-10-12-37-89(83)101(104(96)108-100)92-40-15-18-43-98(92)106(87-56-47-73(48-57-87)70-25-6-2-7-26-70)88-60-51-74(52-61-88)77-32-20-31-76(63-77)71-27-8-3-9-28-71/h1-68H. The van der Waals surface area contributed by atoms with E-state index < -0.39 is 0 Å². The van der Waals surface area contributed by atoms with Crippen LogP contribution < -0.4 is 9.80 Å². The third-order valence-corrected chi connectivity index (χ3v) is 21.4. The molecule has 4 nitrogen and oxygen atoms in total. The maximum Gasteiger partial charge on any atom is 0.143 e. The molecule has 0 unspecified atom stereocenters. The Hall–Kier alpha value is -14.3. The van der Waals surface area contributed by atoms with E-state index in [4.69, 9.17) is 8.83 Å². The van der Waals surface area contributed by atoms with Crippen molar-refractivity contribution in [2.75, 3.05) is 9.80 Å². The number of furan rings is 2. The molecule has 18 aromatic carbocycles. The average molecular weight is 1380 g/mol. The van der Waals surface area contributed by atoms with Gasteiger partial charge in [-0.25, -0.2) is 0 Å². The minimum atomic E-state index is 0.834. The van der Waals surface area contributed by atoms with Crippen molar-refractivity contribution in [1.29, 1.82) is 0 Å². The molecule has 4 heteroatoms. The normalized spacial score (nSPS) is 11.5. The number of fused-ring (bicyclic) bond motifs is 9. The SMILES string of the molecule is c1ccc(-c2ccc(N(c3ccc(-c4cccc(-c5ccccc5)c4)cc3)c3ccccc3-c3c4ccccc4cc4c3oc3ccc(-c5cccc(-c6cccc(-c7ccc(N(c8ccc(-c9ccccc9)cc8)c8ccccc8-c8cc9ccccc9c9oc%10ccccc%10c89)cc7)c6)c5)cc34)cc2)cc1. The van der Waals surface area contributed by atoms with Gasteiger partial charge in [-0.05, 0) is 209 Å².